The Hall–Kier alpha value is -2.49. The SMILES string of the molecule is Cc1cc(-c2cnc(S(C)(=O)=O)nc2[C@H]2CCCN(C(=O)OC(C)(C)C)C2)on1. The van der Waals surface area contributed by atoms with Crippen molar-refractivity contribution < 1.29 is 22.5 Å². The van der Waals surface area contributed by atoms with Crippen LogP contribution in [0.25, 0.3) is 11.3 Å². The summed E-state index contributed by atoms with van der Waals surface area (Å²) in [7, 11) is -3.59. The number of rotatable bonds is 3. The molecule has 9 nitrogen and oxygen atoms in total. The number of amides is 1. The molecule has 1 fully saturated rings. The van der Waals surface area contributed by atoms with Gasteiger partial charge in [0.15, 0.2) is 5.76 Å². The van der Waals surface area contributed by atoms with E-state index in [0.717, 1.165) is 19.1 Å². The second-order valence-electron chi connectivity index (χ2n) is 8.32. The first-order valence-corrected chi connectivity index (χ1v) is 11.3. The zero-order valence-electron chi connectivity index (χ0n) is 17.3. The minimum atomic E-state index is -3.59. The van der Waals surface area contributed by atoms with Crippen LogP contribution < -0.4 is 0 Å². The zero-order chi connectivity index (χ0) is 21.4. The van der Waals surface area contributed by atoms with Crippen molar-refractivity contribution in [3.8, 4) is 11.3 Å². The Morgan fingerprint density at radius 3 is 2.66 bits per heavy atom. The summed E-state index contributed by atoms with van der Waals surface area (Å²) < 4.78 is 34.9. The fraction of sp³-hybridized carbons (Fsp3) is 0.579. The van der Waals surface area contributed by atoms with E-state index in [1.54, 1.807) is 17.9 Å². The van der Waals surface area contributed by atoms with Gasteiger partial charge in [-0.1, -0.05) is 5.16 Å². The lowest BCUT2D eigenvalue weighted by Gasteiger charge is -2.34. The van der Waals surface area contributed by atoms with E-state index < -0.39 is 21.5 Å². The second kappa shape index (κ2) is 7.74. The van der Waals surface area contributed by atoms with Crippen molar-refractivity contribution in [2.24, 2.45) is 0 Å². The average Bonchev–Trinajstić information content (AvgIpc) is 3.05. The second-order valence-corrected chi connectivity index (χ2v) is 10.2. The van der Waals surface area contributed by atoms with Crippen LogP contribution in [0.2, 0.25) is 0 Å². The van der Waals surface area contributed by atoms with Crippen molar-refractivity contribution in [2.45, 2.75) is 57.2 Å². The first kappa shape index (κ1) is 21.2. The van der Waals surface area contributed by atoms with Crippen LogP contribution in [-0.2, 0) is 14.6 Å². The summed E-state index contributed by atoms with van der Waals surface area (Å²) in [5, 5.41) is 3.65. The van der Waals surface area contributed by atoms with Crippen molar-refractivity contribution >= 4 is 15.9 Å². The molecule has 1 atom stereocenters. The van der Waals surface area contributed by atoms with Crippen molar-refractivity contribution in [1.29, 1.82) is 0 Å². The third kappa shape index (κ3) is 5.11. The fourth-order valence-electron chi connectivity index (χ4n) is 3.24. The fourth-order valence-corrected chi connectivity index (χ4v) is 3.75. The van der Waals surface area contributed by atoms with Gasteiger partial charge in [-0.2, -0.15) is 0 Å². The summed E-state index contributed by atoms with van der Waals surface area (Å²) in [6, 6.07) is 1.75. The normalized spacial score (nSPS) is 18.0. The molecule has 1 aliphatic heterocycles. The Kier molecular flexibility index (Phi) is 5.66. The van der Waals surface area contributed by atoms with Gasteiger partial charge in [0.25, 0.3) is 0 Å². The van der Waals surface area contributed by atoms with Crippen molar-refractivity contribution in [2.75, 3.05) is 19.3 Å². The molecular weight excluding hydrogens is 396 g/mol. The number of ether oxygens (including phenoxy) is 1. The molecular formula is C19H26N4O5S. The highest BCUT2D eigenvalue weighted by Gasteiger charge is 2.32. The topological polar surface area (TPSA) is 115 Å². The molecule has 0 radical (unpaired) electrons. The largest absolute Gasteiger partial charge is 0.444 e. The molecule has 158 valence electrons. The minimum absolute atomic E-state index is 0.180. The first-order chi connectivity index (χ1) is 13.4. The van der Waals surface area contributed by atoms with Crippen LogP contribution in [0.4, 0.5) is 4.79 Å². The monoisotopic (exact) mass is 422 g/mol. The Bertz CT molecular complexity index is 1010. The van der Waals surface area contributed by atoms with Gasteiger partial charge in [-0.15, -0.1) is 0 Å². The third-order valence-corrected chi connectivity index (χ3v) is 5.34. The zero-order valence-corrected chi connectivity index (χ0v) is 18.1. The van der Waals surface area contributed by atoms with Crippen LogP contribution in [0.1, 0.15) is 50.9 Å². The number of carbonyl (C=O) groups is 1. The molecule has 1 saturated heterocycles. The number of aromatic nitrogens is 3. The van der Waals surface area contributed by atoms with Crippen molar-refractivity contribution in [1.82, 2.24) is 20.0 Å². The van der Waals surface area contributed by atoms with Crippen LogP contribution in [0, 0.1) is 6.92 Å². The van der Waals surface area contributed by atoms with E-state index in [1.165, 1.54) is 6.20 Å². The molecule has 3 heterocycles. The van der Waals surface area contributed by atoms with E-state index in [0.29, 0.717) is 35.8 Å². The van der Waals surface area contributed by atoms with E-state index in [4.69, 9.17) is 9.26 Å². The molecule has 2 aromatic heterocycles. The number of aryl methyl sites for hydroxylation is 1. The molecule has 0 N–H and O–H groups in total. The van der Waals surface area contributed by atoms with E-state index in [9.17, 15) is 13.2 Å². The van der Waals surface area contributed by atoms with Crippen LogP contribution in [0.5, 0.6) is 0 Å². The van der Waals surface area contributed by atoms with Crippen LogP contribution in [0.15, 0.2) is 21.9 Å². The van der Waals surface area contributed by atoms with Crippen LogP contribution in [0.3, 0.4) is 0 Å². The summed E-state index contributed by atoms with van der Waals surface area (Å²) in [6.07, 6.45) is 3.62. The Morgan fingerprint density at radius 1 is 1.34 bits per heavy atom. The highest BCUT2D eigenvalue weighted by Crippen LogP contribution is 2.34. The van der Waals surface area contributed by atoms with Gasteiger partial charge in [0.05, 0.1) is 17.0 Å². The Balaban J connectivity index is 1.98. The molecule has 0 saturated carbocycles. The number of carbonyl (C=O) groups excluding carboxylic acids is 1. The molecule has 1 aliphatic rings. The van der Waals surface area contributed by atoms with Crippen molar-refractivity contribution in [3.05, 3.63) is 23.7 Å². The third-order valence-electron chi connectivity index (χ3n) is 4.48. The van der Waals surface area contributed by atoms with Gasteiger partial charge in [-0.25, -0.2) is 23.2 Å². The smallest absolute Gasteiger partial charge is 0.410 e. The maximum absolute atomic E-state index is 12.5. The standard InChI is InChI=1S/C19H26N4O5S/c1-12-9-15(28-22-12)14-10-20-17(29(5,25)26)21-16(14)13-7-6-8-23(11-13)18(24)27-19(2,3)4/h9-10,13H,6-8,11H2,1-5H3/t13-/m0/s1. The molecule has 0 aliphatic carbocycles. The van der Waals surface area contributed by atoms with Gasteiger partial charge >= 0.3 is 6.09 Å². The number of hydrogen-bond acceptors (Lipinski definition) is 8. The van der Waals surface area contributed by atoms with E-state index in [1.807, 2.05) is 20.8 Å². The summed E-state index contributed by atoms with van der Waals surface area (Å²) in [4.78, 5) is 22.5. The predicted octanol–water partition coefficient (Wildman–Crippen LogP) is 2.96. The van der Waals surface area contributed by atoms with E-state index in [-0.39, 0.29) is 11.1 Å². The summed E-state index contributed by atoms with van der Waals surface area (Å²) in [5.74, 6) is 0.284. The molecule has 1 amide bonds. The highest BCUT2D eigenvalue weighted by atomic mass is 32.2. The summed E-state index contributed by atoms with van der Waals surface area (Å²) in [5.41, 5.74) is 1.21. The van der Waals surface area contributed by atoms with Gasteiger partial charge in [0.1, 0.15) is 5.60 Å². The Labute approximate surface area is 170 Å². The quantitative estimate of drug-likeness (QED) is 0.693. The van der Waals surface area contributed by atoms with Crippen molar-refractivity contribution in [3.63, 3.8) is 0 Å². The molecule has 0 spiro atoms. The van der Waals surface area contributed by atoms with Gasteiger partial charge in [-0.05, 0) is 40.5 Å². The molecule has 29 heavy (non-hydrogen) atoms. The first-order valence-electron chi connectivity index (χ1n) is 9.42. The Morgan fingerprint density at radius 2 is 2.07 bits per heavy atom. The van der Waals surface area contributed by atoms with Gasteiger partial charge < -0.3 is 14.2 Å². The van der Waals surface area contributed by atoms with Crippen LogP contribution in [-0.4, -0.2) is 59.5 Å². The lowest BCUT2D eigenvalue weighted by atomic mass is 9.91. The highest BCUT2D eigenvalue weighted by molar-refractivity contribution is 7.90. The van der Waals surface area contributed by atoms with E-state index in [2.05, 4.69) is 15.1 Å². The molecule has 0 unspecified atom stereocenters. The number of likely N-dealkylation sites (tertiary alicyclic amines) is 1. The maximum atomic E-state index is 12.5. The van der Waals surface area contributed by atoms with Gasteiger partial charge in [0, 0.05) is 37.5 Å². The molecule has 0 bridgehead atoms. The summed E-state index contributed by atoms with van der Waals surface area (Å²) in [6.45, 7) is 8.20. The summed E-state index contributed by atoms with van der Waals surface area (Å²) >= 11 is 0. The minimum Gasteiger partial charge on any atom is -0.444 e. The van der Waals surface area contributed by atoms with Gasteiger partial charge in [0.2, 0.25) is 15.0 Å². The lowest BCUT2D eigenvalue weighted by molar-refractivity contribution is 0.0197. The lowest BCUT2D eigenvalue weighted by Crippen LogP contribution is -2.42. The number of hydrogen-bond donors (Lipinski definition) is 0. The van der Waals surface area contributed by atoms with Crippen LogP contribution >= 0.6 is 0 Å². The maximum Gasteiger partial charge on any atom is 0.410 e. The van der Waals surface area contributed by atoms with Gasteiger partial charge in [-0.3, -0.25) is 0 Å². The molecule has 3 rings (SSSR count). The molecule has 2 aromatic rings. The average molecular weight is 423 g/mol. The number of sulfone groups is 1. The predicted molar refractivity (Wildman–Crippen MR) is 105 cm³/mol. The number of nitrogens with zero attached hydrogens (tertiary/aromatic N) is 4. The van der Waals surface area contributed by atoms with E-state index >= 15 is 0 Å². The number of piperidine rings is 1. The molecule has 0 aromatic carbocycles. The molecule has 10 heteroatoms.